The van der Waals surface area contributed by atoms with E-state index in [0.717, 1.165) is 6.54 Å². The van der Waals surface area contributed by atoms with Gasteiger partial charge in [0.05, 0.1) is 10.7 Å². The van der Waals surface area contributed by atoms with Gasteiger partial charge in [0.15, 0.2) is 5.82 Å². The van der Waals surface area contributed by atoms with E-state index >= 15 is 0 Å². The lowest BCUT2D eigenvalue weighted by Gasteiger charge is -2.03. The van der Waals surface area contributed by atoms with E-state index in [1.165, 1.54) is 0 Å². The van der Waals surface area contributed by atoms with E-state index in [9.17, 15) is 0 Å². The fraction of sp³-hybridized carbons (Fsp3) is 0.222. The van der Waals surface area contributed by atoms with Crippen LogP contribution >= 0.6 is 0 Å². The molecule has 2 aromatic heterocycles. The Balaban J connectivity index is 2.85. The molecule has 0 aliphatic carbocycles. The van der Waals surface area contributed by atoms with Gasteiger partial charge in [0.1, 0.15) is 6.33 Å². The Morgan fingerprint density at radius 2 is 2.29 bits per heavy atom. The highest BCUT2D eigenvalue weighted by molar-refractivity contribution is 5.61. The van der Waals surface area contributed by atoms with Crippen LogP contribution in [0, 0.1) is 0 Å². The topological polar surface area (TPSA) is 55.1 Å². The molecule has 2 rings (SSSR count). The van der Waals surface area contributed by atoms with Crippen molar-refractivity contribution in [3.8, 4) is 0 Å². The molecule has 2 aromatic rings. The van der Waals surface area contributed by atoms with Gasteiger partial charge in [-0.3, -0.25) is 4.40 Å². The SMILES string of the molecule is C=c1nc(NCC)c2nncn2c1=C. The summed E-state index contributed by atoms with van der Waals surface area (Å²) in [6.45, 7) is 10.4. The zero-order valence-corrected chi connectivity index (χ0v) is 7.99. The zero-order chi connectivity index (χ0) is 10.1. The highest BCUT2D eigenvalue weighted by Gasteiger charge is 2.04. The van der Waals surface area contributed by atoms with Crippen LogP contribution in [0.25, 0.3) is 18.8 Å². The molecule has 0 unspecified atom stereocenters. The molecule has 0 bridgehead atoms. The number of fused-ring (bicyclic) bond motifs is 1. The molecule has 0 aromatic carbocycles. The Kier molecular flexibility index (Phi) is 1.92. The van der Waals surface area contributed by atoms with E-state index in [4.69, 9.17) is 0 Å². The van der Waals surface area contributed by atoms with E-state index in [2.05, 4.69) is 33.7 Å². The van der Waals surface area contributed by atoms with Crippen LogP contribution in [0.3, 0.4) is 0 Å². The number of nitrogens with one attached hydrogen (secondary N) is 1. The van der Waals surface area contributed by atoms with Crippen LogP contribution in [-0.2, 0) is 0 Å². The van der Waals surface area contributed by atoms with Crippen molar-refractivity contribution in [3.63, 3.8) is 0 Å². The Labute approximate surface area is 80.8 Å². The van der Waals surface area contributed by atoms with Crippen molar-refractivity contribution < 1.29 is 0 Å². The van der Waals surface area contributed by atoms with Crippen molar-refractivity contribution in [1.82, 2.24) is 19.6 Å². The summed E-state index contributed by atoms with van der Waals surface area (Å²) in [5, 5.41) is 12.2. The molecule has 5 heteroatoms. The molecule has 0 amide bonds. The highest BCUT2D eigenvalue weighted by atomic mass is 15.2. The van der Waals surface area contributed by atoms with Gasteiger partial charge in [-0.25, -0.2) is 4.98 Å². The summed E-state index contributed by atoms with van der Waals surface area (Å²) in [7, 11) is 0. The highest BCUT2D eigenvalue weighted by Crippen LogP contribution is 2.04. The molecule has 0 fully saturated rings. The van der Waals surface area contributed by atoms with Gasteiger partial charge in [-0.2, -0.15) is 0 Å². The van der Waals surface area contributed by atoms with E-state index in [-0.39, 0.29) is 0 Å². The first kappa shape index (κ1) is 8.68. The molecule has 0 aliphatic rings. The van der Waals surface area contributed by atoms with Crippen molar-refractivity contribution in [2.45, 2.75) is 6.92 Å². The number of anilines is 1. The fourth-order valence-electron chi connectivity index (χ4n) is 1.27. The lowest BCUT2D eigenvalue weighted by atomic mass is 10.5. The third kappa shape index (κ3) is 1.14. The Morgan fingerprint density at radius 1 is 1.50 bits per heavy atom. The Morgan fingerprint density at radius 3 is 3.00 bits per heavy atom. The average molecular weight is 189 g/mol. The molecule has 0 radical (unpaired) electrons. The van der Waals surface area contributed by atoms with E-state index in [0.29, 0.717) is 22.2 Å². The second-order valence-corrected chi connectivity index (χ2v) is 2.91. The summed E-state index contributed by atoms with van der Waals surface area (Å²) in [5.41, 5.74) is 0.684. The van der Waals surface area contributed by atoms with Gasteiger partial charge in [0.25, 0.3) is 0 Å². The molecule has 0 saturated carbocycles. The summed E-state index contributed by atoms with van der Waals surface area (Å²) in [5.74, 6) is 0.697. The van der Waals surface area contributed by atoms with Gasteiger partial charge in [-0.1, -0.05) is 13.2 Å². The molecule has 0 atom stereocenters. The maximum absolute atomic E-state index is 4.25. The van der Waals surface area contributed by atoms with Gasteiger partial charge in [0.2, 0.25) is 5.65 Å². The van der Waals surface area contributed by atoms with Crippen LogP contribution < -0.4 is 16.0 Å². The van der Waals surface area contributed by atoms with Gasteiger partial charge >= 0.3 is 0 Å². The second kappa shape index (κ2) is 3.10. The summed E-state index contributed by atoms with van der Waals surface area (Å²) < 4.78 is 1.77. The average Bonchev–Trinajstić information content (AvgIpc) is 2.63. The number of aromatic nitrogens is 4. The first-order valence-corrected chi connectivity index (χ1v) is 4.35. The molecule has 2 heterocycles. The van der Waals surface area contributed by atoms with Crippen LogP contribution in [0.5, 0.6) is 0 Å². The monoisotopic (exact) mass is 189 g/mol. The molecular formula is C9H11N5. The number of rotatable bonds is 2. The van der Waals surface area contributed by atoms with E-state index < -0.39 is 0 Å². The molecule has 0 saturated heterocycles. The molecule has 1 N–H and O–H groups in total. The quantitative estimate of drug-likeness (QED) is 0.684. The van der Waals surface area contributed by atoms with Crippen LogP contribution in [0.4, 0.5) is 5.82 Å². The maximum Gasteiger partial charge on any atom is 0.203 e. The Bertz CT molecular complexity index is 556. The minimum Gasteiger partial charge on any atom is -0.367 e. The molecular weight excluding hydrogens is 178 g/mol. The molecule has 5 nitrogen and oxygen atoms in total. The fourth-order valence-corrected chi connectivity index (χ4v) is 1.27. The summed E-state index contributed by atoms with van der Waals surface area (Å²) >= 11 is 0. The normalized spacial score (nSPS) is 10.6. The minimum absolute atomic E-state index is 0.633. The van der Waals surface area contributed by atoms with Crippen molar-refractivity contribution >= 4 is 24.6 Å². The standard InChI is InChI=1S/C9H11N5/c1-4-10-8-9-13-11-5-14(9)7(3)6(2)12-8/h5H,2-4H2,1H3,(H,10,12). The number of nitrogens with zero attached hydrogens (tertiary/aromatic N) is 4. The predicted molar refractivity (Wildman–Crippen MR) is 55.2 cm³/mol. The van der Waals surface area contributed by atoms with Crippen LogP contribution in [0.15, 0.2) is 6.33 Å². The number of hydrogen-bond donors (Lipinski definition) is 1. The summed E-state index contributed by atoms with van der Waals surface area (Å²) in [6.07, 6.45) is 1.61. The van der Waals surface area contributed by atoms with Gasteiger partial charge in [0, 0.05) is 6.54 Å². The lowest BCUT2D eigenvalue weighted by Crippen LogP contribution is -2.32. The largest absolute Gasteiger partial charge is 0.367 e. The van der Waals surface area contributed by atoms with Crippen LogP contribution in [0.1, 0.15) is 6.92 Å². The van der Waals surface area contributed by atoms with E-state index in [1.807, 2.05) is 6.92 Å². The van der Waals surface area contributed by atoms with Crippen molar-refractivity contribution in [1.29, 1.82) is 0 Å². The summed E-state index contributed by atoms with van der Waals surface area (Å²) in [4.78, 5) is 4.25. The lowest BCUT2D eigenvalue weighted by molar-refractivity contribution is 1.02. The Hall–Kier alpha value is -1.91. The summed E-state index contributed by atoms with van der Waals surface area (Å²) in [6, 6.07) is 0. The van der Waals surface area contributed by atoms with E-state index in [1.54, 1.807) is 10.7 Å². The molecule has 14 heavy (non-hydrogen) atoms. The van der Waals surface area contributed by atoms with Gasteiger partial charge < -0.3 is 5.32 Å². The first-order chi connectivity index (χ1) is 6.74. The van der Waals surface area contributed by atoms with Crippen LogP contribution in [0.2, 0.25) is 0 Å². The molecule has 0 spiro atoms. The number of hydrogen-bond acceptors (Lipinski definition) is 4. The van der Waals surface area contributed by atoms with Crippen molar-refractivity contribution in [2.75, 3.05) is 11.9 Å². The predicted octanol–water partition coefficient (Wildman–Crippen LogP) is -0.623. The smallest absolute Gasteiger partial charge is 0.203 e. The second-order valence-electron chi connectivity index (χ2n) is 2.91. The van der Waals surface area contributed by atoms with Crippen molar-refractivity contribution in [2.24, 2.45) is 0 Å². The maximum atomic E-state index is 4.25. The third-order valence-corrected chi connectivity index (χ3v) is 1.97. The minimum atomic E-state index is 0.633. The molecule has 0 aliphatic heterocycles. The molecule has 72 valence electrons. The van der Waals surface area contributed by atoms with Crippen molar-refractivity contribution in [3.05, 3.63) is 17.0 Å². The zero-order valence-electron chi connectivity index (χ0n) is 7.99. The van der Waals surface area contributed by atoms with Crippen LogP contribution in [-0.4, -0.2) is 26.1 Å². The first-order valence-electron chi connectivity index (χ1n) is 4.35. The third-order valence-electron chi connectivity index (χ3n) is 1.97. The van der Waals surface area contributed by atoms with Gasteiger partial charge in [-0.05, 0) is 6.92 Å². The van der Waals surface area contributed by atoms with Gasteiger partial charge in [-0.15, -0.1) is 10.2 Å².